The maximum atomic E-state index is 2.52. The Morgan fingerprint density at radius 3 is 1.08 bits per heavy atom. The molecule has 0 aliphatic heterocycles. The van der Waals surface area contributed by atoms with E-state index >= 15 is 0 Å². The molecule has 2 aromatic heterocycles. The highest BCUT2D eigenvalue weighted by molar-refractivity contribution is 7.26. The van der Waals surface area contributed by atoms with E-state index in [1.807, 2.05) is 22.7 Å². The van der Waals surface area contributed by atoms with Crippen LogP contribution in [0.3, 0.4) is 0 Å². The van der Waals surface area contributed by atoms with Crippen LogP contribution in [0.5, 0.6) is 0 Å². The Bertz CT molecular complexity index is 4180. The molecule has 12 aromatic carbocycles. The molecule has 0 radical (unpaired) electrons. The highest BCUT2D eigenvalue weighted by atomic mass is 32.1. The Hall–Kier alpha value is -7.62. The molecule has 0 nitrogen and oxygen atoms in total. The standard InChI is InChI=1S/C62H32S2/c1-3-19-53-39(13-1)41-23-21-35(29-55(41)63-53)59-45-27-25-38-37(49(45)31-51-43-15-5-9-33-11-7-17-47(57(33)43)61(51)59)26-28-46-50(38)32-52-44-16-6-10-34-12-8-18-48(58(34)44)62(52)60(46)36-22-24-42-40-14-2-4-20-54(40)64-56(42)30-36/h1-32H. The summed E-state index contributed by atoms with van der Waals surface area (Å²) in [6.07, 6.45) is 0. The molecule has 0 bridgehead atoms. The first-order valence-electron chi connectivity index (χ1n) is 22.1. The Morgan fingerprint density at radius 1 is 0.219 bits per heavy atom. The van der Waals surface area contributed by atoms with E-state index in [9.17, 15) is 0 Å². The first-order chi connectivity index (χ1) is 31.7. The third-order valence-corrected chi connectivity index (χ3v) is 17.0. The van der Waals surface area contributed by atoms with E-state index in [0.29, 0.717) is 0 Å². The lowest BCUT2D eigenvalue weighted by molar-refractivity contribution is 1.69. The third kappa shape index (κ3) is 4.28. The van der Waals surface area contributed by atoms with Crippen molar-refractivity contribution < 1.29 is 0 Å². The minimum absolute atomic E-state index is 1.27. The van der Waals surface area contributed by atoms with Crippen molar-refractivity contribution in [2.75, 3.05) is 0 Å². The summed E-state index contributed by atoms with van der Waals surface area (Å²) in [5, 5.41) is 18.4. The lowest BCUT2D eigenvalue weighted by Gasteiger charge is -2.19. The quantitative estimate of drug-likeness (QED) is 0.152. The summed E-state index contributed by atoms with van der Waals surface area (Å²) in [6, 6.07) is 74.3. The highest BCUT2D eigenvalue weighted by Crippen LogP contribution is 2.57. The van der Waals surface area contributed by atoms with Gasteiger partial charge in [-0.1, -0.05) is 158 Å². The molecular formula is C62H32S2. The average molecular weight is 841 g/mol. The zero-order valence-electron chi connectivity index (χ0n) is 34.3. The van der Waals surface area contributed by atoms with Crippen molar-refractivity contribution in [2.24, 2.45) is 0 Å². The van der Waals surface area contributed by atoms with Crippen LogP contribution in [0.2, 0.25) is 0 Å². The number of hydrogen-bond donors (Lipinski definition) is 0. The van der Waals surface area contributed by atoms with E-state index in [4.69, 9.17) is 0 Å². The second-order valence-corrected chi connectivity index (χ2v) is 20.0. The van der Waals surface area contributed by atoms with Gasteiger partial charge in [-0.15, -0.1) is 22.7 Å². The first kappa shape index (κ1) is 33.9. The summed E-state index contributed by atoms with van der Waals surface area (Å²) in [5.41, 5.74) is 15.9. The number of rotatable bonds is 2. The molecule has 2 heteroatoms. The summed E-state index contributed by atoms with van der Waals surface area (Å²) in [4.78, 5) is 0. The fourth-order valence-electron chi connectivity index (χ4n) is 12.1. The van der Waals surface area contributed by atoms with Crippen LogP contribution in [-0.4, -0.2) is 0 Å². The van der Waals surface area contributed by atoms with Gasteiger partial charge < -0.3 is 0 Å². The Balaban J connectivity index is 1.03. The Kier molecular flexibility index (Phi) is 6.41. The molecule has 0 atom stereocenters. The maximum absolute atomic E-state index is 2.52. The summed E-state index contributed by atoms with van der Waals surface area (Å²) in [5.74, 6) is 0. The van der Waals surface area contributed by atoms with E-state index < -0.39 is 0 Å². The van der Waals surface area contributed by atoms with Gasteiger partial charge in [-0.05, 0) is 157 Å². The molecule has 0 spiro atoms. The Morgan fingerprint density at radius 2 is 0.609 bits per heavy atom. The van der Waals surface area contributed by atoms with Crippen molar-refractivity contribution in [1.29, 1.82) is 0 Å². The molecule has 2 aliphatic carbocycles. The smallest absolute Gasteiger partial charge is 0.0361 e. The van der Waals surface area contributed by atoms with Crippen molar-refractivity contribution in [3.8, 4) is 66.8 Å². The number of fused-ring (bicyclic) bond motifs is 17. The van der Waals surface area contributed by atoms with E-state index in [1.165, 1.54) is 161 Å². The van der Waals surface area contributed by atoms with Gasteiger partial charge in [0.05, 0.1) is 0 Å². The zero-order valence-corrected chi connectivity index (χ0v) is 35.9. The summed E-state index contributed by atoms with van der Waals surface area (Å²) < 4.78 is 5.33. The van der Waals surface area contributed by atoms with Crippen LogP contribution in [0.25, 0.3) is 161 Å². The second-order valence-electron chi connectivity index (χ2n) is 17.8. The SMILES string of the molecule is c1cc2c3c(cccc3c1)-c1c-2cc2c(ccc3c4cc5c(c(-c6ccc7c(c6)sc6ccccc67)c4ccc23)-c2cccc3cccc-5c23)c1-c1ccc2c(c1)sc1ccccc12. The van der Waals surface area contributed by atoms with E-state index in [-0.39, 0.29) is 0 Å². The monoisotopic (exact) mass is 840 g/mol. The van der Waals surface area contributed by atoms with Gasteiger partial charge in [0.2, 0.25) is 0 Å². The van der Waals surface area contributed by atoms with Crippen molar-refractivity contribution in [1.82, 2.24) is 0 Å². The van der Waals surface area contributed by atoms with Gasteiger partial charge in [0, 0.05) is 40.3 Å². The van der Waals surface area contributed by atoms with Crippen LogP contribution in [0.1, 0.15) is 0 Å². The normalized spacial score (nSPS) is 12.7. The number of benzene rings is 12. The van der Waals surface area contributed by atoms with Gasteiger partial charge in [0.15, 0.2) is 0 Å². The van der Waals surface area contributed by atoms with Crippen LogP contribution in [0.4, 0.5) is 0 Å². The van der Waals surface area contributed by atoms with Crippen LogP contribution < -0.4 is 0 Å². The van der Waals surface area contributed by atoms with Gasteiger partial charge in [-0.25, -0.2) is 0 Å². The molecule has 2 heterocycles. The molecule has 0 amide bonds. The molecule has 2 aliphatic rings. The van der Waals surface area contributed by atoms with Gasteiger partial charge in [0.25, 0.3) is 0 Å². The van der Waals surface area contributed by atoms with E-state index in [2.05, 4.69) is 194 Å². The van der Waals surface area contributed by atoms with Crippen molar-refractivity contribution in [3.63, 3.8) is 0 Å². The summed E-state index contributed by atoms with van der Waals surface area (Å²) in [6.45, 7) is 0. The summed E-state index contributed by atoms with van der Waals surface area (Å²) in [7, 11) is 0. The largest absolute Gasteiger partial charge is 0.135 e. The predicted molar refractivity (Wildman–Crippen MR) is 279 cm³/mol. The van der Waals surface area contributed by atoms with Crippen molar-refractivity contribution in [2.45, 2.75) is 0 Å². The topological polar surface area (TPSA) is 0 Å². The van der Waals surface area contributed by atoms with Crippen LogP contribution in [-0.2, 0) is 0 Å². The minimum Gasteiger partial charge on any atom is -0.135 e. The van der Waals surface area contributed by atoms with Gasteiger partial charge in [-0.2, -0.15) is 0 Å². The van der Waals surface area contributed by atoms with Gasteiger partial charge in [-0.3, -0.25) is 0 Å². The molecular weight excluding hydrogens is 809 g/mol. The van der Waals surface area contributed by atoms with Crippen LogP contribution >= 0.6 is 22.7 Å². The minimum atomic E-state index is 1.27. The fourth-order valence-corrected chi connectivity index (χ4v) is 14.4. The van der Waals surface area contributed by atoms with Crippen LogP contribution in [0.15, 0.2) is 194 Å². The molecule has 0 unspecified atom stereocenters. The lowest BCUT2D eigenvalue weighted by Crippen LogP contribution is -1.92. The lowest BCUT2D eigenvalue weighted by atomic mass is 9.83. The third-order valence-electron chi connectivity index (χ3n) is 14.7. The van der Waals surface area contributed by atoms with Crippen molar-refractivity contribution >= 4 is 117 Å². The summed E-state index contributed by atoms with van der Waals surface area (Å²) >= 11 is 3.80. The molecule has 64 heavy (non-hydrogen) atoms. The number of hydrogen-bond acceptors (Lipinski definition) is 2. The van der Waals surface area contributed by atoms with Crippen LogP contribution in [0, 0.1) is 0 Å². The maximum Gasteiger partial charge on any atom is 0.0361 e. The van der Waals surface area contributed by atoms with Gasteiger partial charge >= 0.3 is 0 Å². The van der Waals surface area contributed by atoms with Gasteiger partial charge in [0.1, 0.15) is 0 Å². The van der Waals surface area contributed by atoms with Crippen molar-refractivity contribution in [3.05, 3.63) is 194 Å². The molecule has 292 valence electrons. The molecule has 0 saturated heterocycles. The zero-order chi connectivity index (χ0) is 41.4. The second kappa shape index (κ2) is 12.1. The first-order valence-corrected chi connectivity index (χ1v) is 23.8. The molecule has 16 rings (SSSR count). The molecule has 14 aromatic rings. The predicted octanol–water partition coefficient (Wildman–Crippen LogP) is 18.8. The fraction of sp³-hybridized carbons (Fsp3) is 0. The molecule has 0 fully saturated rings. The Labute approximate surface area is 375 Å². The number of thiophene rings is 2. The highest BCUT2D eigenvalue weighted by Gasteiger charge is 2.30. The molecule has 0 saturated carbocycles. The van der Waals surface area contributed by atoms with E-state index in [1.54, 1.807) is 0 Å². The van der Waals surface area contributed by atoms with E-state index in [0.717, 1.165) is 0 Å². The molecule has 0 N–H and O–H groups in total. The average Bonchev–Trinajstić information content (AvgIpc) is 4.09.